The molecular formula is C20H20N2O5S. The number of carbonyl (C=O) groups excluding carboxylic acids is 1. The Morgan fingerprint density at radius 1 is 1.04 bits per heavy atom. The van der Waals surface area contributed by atoms with Gasteiger partial charge in [-0.1, -0.05) is 23.9 Å². The van der Waals surface area contributed by atoms with Gasteiger partial charge in [0.2, 0.25) is 5.89 Å². The summed E-state index contributed by atoms with van der Waals surface area (Å²) < 4.78 is 21.8. The number of rotatable bonds is 10. The summed E-state index contributed by atoms with van der Waals surface area (Å²) in [4.78, 5) is 10.8. The Balaban J connectivity index is 1.47. The van der Waals surface area contributed by atoms with Crippen LogP contribution in [0.2, 0.25) is 0 Å². The smallest absolute Gasteiger partial charge is 0.276 e. The van der Waals surface area contributed by atoms with Gasteiger partial charge in [-0.3, -0.25) is 4.79 Å². The normalized spacial score (nSPS) is 10.5. The molecule has 28 heavy (non-hydrogen) atoms. The van der Waals surface area contributed by atoms with Gasteiger partial charge in [-0.25, -0.2) is 0 Å². The maximum absolute atomic E-state index is 10.8. The molecule has 0 aliphatic carbocycles. The maximum Gasteiger partial charge on any atom is 0.276 e. The standard InChI is InChI=1S/C20H20N2O5S/c1-24-16-6-3-14(4-7-16)12-19-21-22-20(27-19)28-10-9-26-17-8-5-15(13-23)11-18(17)25-2/h3-8,11,13H,9-10,12H2,1-2H3. The summed E-state index contributed by atoms with van der Waals surface area (Å²) in [5.41, 5.74) is 1.60. The molecule has 3 aromatic rings. The molecule has 2 aromatic carbocycles. The van der Waals surface area contributed by atoms with Crippen LogP contribution in [-0.4, -0.2) is 43.1 Å². The highest BCUT2D eigenvalue weighted by atomic mass is 32.2. The second-order valence-corrected chi connectivity index (χ2v) is 6.76. The van der Waals surface area contributed by atoms with E-state index in [4.69, 9.17) is 18.6 Å². The van der Waals surface area contributed by atoms with E-state index in [0.29, 0.717) is 47.0 Å². The molecule has 0 unspecified atom stereocenters. The van der Waals surface area contributed by atoms with E-state index in [-0.39, 0.29) is 0 Å². The van der Waals surface area contributed by atoms with Gasteiger partial charge >= 0.3 is 0 Å². The van der Waals surface area contributed by atoms with Crippen LogP contribution in [-0.2, 0) is 6.42 Å². The number of hydrogen-bond acceptors (Lipinski definition) is 8. The third kappa shape index (κ3) is 5.26. The Bertz CT molecular complexity index is 911. The number of carbonyl (C=O) groups is 1. The van der Waals surface area contributed by atoms with Gasteiger partial charge in [-0.2, -0.15) is 0 Å². The highest BCUT2D eigenvalue weighted by Crippen LogP contribution is 2.28. The fourth-order valence-corrected chi connectivity index (χ4v) is 3.04. The lowest BCUT2D eigenvalue weighted by Gasteiger charge is -2.10. The zero-order valence-electron chi connectivity index (χ0n) is 15.6. The molecule has 0 saturated carbocycles. The van der Waals surface area contributed by atoms with Crippen molar-refractivity contribution in [3.8, 4) is 17.2 Å². The molecule has 0 radical (unpaired) electrons. The minimum absolute atomic E-state index is 0.428. The van der Waals surface area contributed by atoms with Crippen LogP contribution in [0.4, 0.5) is 0 Å². The molecule has 8 heteroatoms. The SMILES string of the molecule is COc1ccc(Cc2nnc(SCCOc3ccc(C=O)cc3OC)o2)cc1. The lowest BCUT2D eigenvalue weighted by Crippen LogP contribution is -2.02. The van der Waals surface area contributed by atoms with Crippen LogP contribution in [0, 0.1) is 0 Å². The summed E-state index contributed by atoms with van der Waals surface area (Å²) in [6.07, 6.45) is 1.33. The first-order valence-corrected chi connectivity index (χ1v) is 9.54. The van der Waals surface area contributed by atoms with E-state index < -0.39 is 0 Å². The number of hydrogen-bond donors (Lipinski definition) is 0. The number of aldehydes is 1. The molecule has 0 bridgehead atoms. The molecule has 146 valence electrons. The van der Waals surface area contributed by atoms with Gasteiger partial charge < -0.3 is 18.6 Å². The van der Waals surface area contributed by atoms with Crippen molar-refractivity contribution in [1.29, 1.82) is 0 Å². The Kier molecular flexibility index (Phi) is 6.91. The molecule has 7 nitrogen and oxygen atoms in total. The van der Waals surface area contributed by atoms with E-state index in [2.05, 4.69) is 10.2 Å². The average Bonchev–Trinajstić information content (AvgIpc) is 3.19. The first-order valence-electron chi connectivity index (χ1n) is 8.56. The second-order valence-electron chi connectivity index (χ2n) is 5.71. The molecule has 0 fully saturated rings. The van der Waals surface area contributed by atoms with Crippen LogP contribution >= 0.6 is 11.8 Å². The molecule has 0 saturated heterocycles. The summed E-state index contributed by atoms with van der Waals surface area (Å²) in [5, 5.41) is 8.62. The Morgan fingerprint density at radius 2 is 1.86 bits per heavy atom. The quantitative estimate of drug-likeness (QED) is 0.290. The van der Waals surface area contributed by atoms with E-state index in [1.807, 2.05) is 24.3 Å². The minimum Gasteiger partial charge on any atom is -0.497 e. The number of methoxy groups -OCH3 is 2. The summed E-state index contributed by atoms with van der Waals surface area (Å²) in [6, 6.07) is 12.8. The molecule has 0 aliphatic heterocycles. The second kappa shape index (κ2) is 9.80. The van der Waals surface area contributed by atoms with Crippen molar-refractivity contribution in [2.24, 2.45) is 0 Å². The van der Waals surface area contributed by atoms with Gasteiger partial charge in [0.15, 0.2) is 11.5 Å². The zero-order chi connectivity index (χ0) is 19.8. The van der Waals surface area contributed by atoms with Crippen LogP contribution in [0.1, 0.15) is 21.8 Å². The van der Waals surface area contributed by atoms with Gasteiger partial charge in [-0.15, -0.1) is 10.2 Å². The van der Waals surface area contributed by atoms with Crippen molar-refractivity contribution < 1.29 is 23.4 Å². The number of ether oxygens (including phenoxy) is 3. The highest BCUT2D eigenvalue weighted by Gasteiger charge is 2.09. The minimum atomic E-state index is 0.428. The predicted octanol–water partition coefficient (Wildman–Crippen LogP) is 3.66. The van der Waals surface area contributed by atoms with Gasteiger partial charge in [0, 0.05) is 11.3 Å². The van der Waals surface area contributed by atoms with Crippen molar-refractivity contribution in [3.05, 3.63) is 59.5 Å². The number of thioether (sulfide) groups is 1. The Hall–Kier alpha value is -3.00. The average molecular weight is 400 g/mol. The van der Waals surface area contributed by atoms with Crippen molar-refractivity contribution in [1.82, 2.24) is 10.2 Å². The van der Waals surface area contributed by atoms with Crippen LogP contribution in [0.5, 0.6) is 17.2 Å². The fraction of sp³-hybridized carbons (Fsp3) is 0.250. The molecular weight excluding hydrogens is 380 g/mol. The molecule has 0 N–H and O–H groups in total. The summed E-state index contributed by atoms with van der Waals surface area (Å²) >= 11 is 1.42. The molecule has 1 heterocycles. The zero-order valence-corrected chi connectivity index (χ0v) is 16.4. The number of benzene rings is 2. The monoisotopic (exact) mass is 400 g/mol. The van der Waals surface area contributed by atoms with E-state index in [1.54, 1.807) is 25.3 Å². The van der Waals surface area contributed by atoms with Crippen molar-refractivity contribution in [2.75, 3.05) is 26.6 Å². The van der Waals surface area contributed by atoms with Crippen molar-refractivity contribution >= 4 is 18.0 Å². The predicted molar refractivity (Wildman–Crippen MR) is 105 cm³/mol. The van der Waals surface area contributed by atoms with Gasteiger partial charge in [0.05, 0.1) is 27.2 Å². The topological polar surface area (TPSA) is 83.7 Å². The summed E-state index contributed by atoms with van der Waals surface area (Å²) in [5.74, 6) is 3.10. The molecule has 0 atom stereocenters. The maximum atomic E-state index is 10.8. The third-order valence-corrected chi connectivity index (χ3v) is 4.64. The van der Waals surface area contributed by atoms with Crippen LogP contribution in [0.3, 0.4) is 0 Å². The molecule has 0 spiro atoms. The van der Waals surface area contributed by atoms with E-state index in [1.165, 1.54) is 18.9 Å². The largest absolute Gasteiger partial charge is 0.497 e. The highest BCUT2D eigenvalue weighted by molar-refractivity contribution is 7.99. The van der Waals surface area contributed by atoms with E-state index in [9.17, 15) is 4.79 Å². The number of nitrogens with zero attached hydrogens (tertiary/aromatic N) is 2. The molecule has 0 aliphatic rings. The molecule has 0 amide bonds. The summed E-state index contributed by atoms with van der Waals surface area (Å²) in [6.45, 7) is 0.428. The van der Waals surface area contributed by atoms with Crippen molar-refractivity contribution in [3.63, 3.8) is 0 Å². The fourth-order valence-electron chi connectivity index (χ4n) is 2.44. The lowest BCUT2D eigenvalue weighted by molar-refractivity contribution is 0.112. The third-order valence-electron chi connectivity index (χ3n) is 3.85. The summed E-state index contributed by atoms with van der Waals surface area (Å²) in [7, 11) is 3.17. The Labute approximate surface area is 167 Å². The van der Waals surface area contributed by atoms with Gasteiger partial charge in [0.1, 0.15) is 12.0 Å². The van der Waals surface area contributed by atoms with Crippen LogP contribution in [0.15, 0.2) is 52.1 Å². The van der Waals surface area contributed by atoms with E-state index >= 15 is 0 Å². The number of aromatic nitrogens is 2. The van der Waals surface area contributed by atoms with Gasteiger partial charge in [-0.05, 0) is 35.9 Å². The molecule has 3 rings (SSSR count). The first kappa shape index (κ1) is 19.8. The Morgan fingerprint density at radius 3 is 2.57 bits per heavy atom. The van der Waals surface area contributed by atoms with Crippen LogP contribution < -0.4 is 14.2 Å². The van der Waals surface area contributed by atoms with Crippen molar-refractivity contribution in [2.45, 2.75) is 11.6 Å². The van der Waals surface area contributed by atoms with Gasteiger partial charge in [0.25, 0.3) is 5.22 Å². The molecule has 1 aromatic heterocycles. The lowest BCUT2D eigenvalue weighted by atomic mass is 10.1. The first-order chi connectivity index (χ1) is 13.7. The van der Waals surface area contributed by atoms with E-state index in [0.717, 1.165) is 17.6 Å². The van der Waals surface area contributed by atoms with Crippen LogP contribution in [0.25, 0.3) is 0 Å².